The van der Waals surface area contributed by atoms with E-state index in [1.165, 1.54) is 18.2 Å². The average Bonchev–Trinajstić information content (AvgIpc) is 2.03. The maximum Gasteiger partial charge on any atom is 0.282 e. The smallest absolute Gasteiger partial charge is 0.275 e. The first-order valence-corrected chi connectivity index (χ1v) is 4.33. The van der Waals surface area contributed by atoms with E-state index in [1.807, 2.05) is 0 Å². The summed E-state index contributed by atoms with van der Waals surface area (Å²) in [5.74, 6) is 0. The van der Waals surface area contributed by atoms with Crippen molar-refractivity contribution in [3.8, 4) is 0 Å². The van der Waals surface area contributed by atoms with Gasteiger partial charge in [-0.05, 0) is 23.7 Å². The molecule has 0 aliphatic carbocycles. The third-order valence-corrected chi connectivity index (χ3v) is 2.07. The Morgan fingerprint density at radius 1 is 1.54 bits per heavy atom. The molecule has 0 saturated heterocycles. The molecule has 0 amide bonds. The topological polar surface area (TPSA) is 60.2 Å². The summed E-state index contributed by atoms with van der Waals surface area (Å²) in [5.41, 5.74) is -0.399. The normalized spacial score (nSPS) is 9.69. The summed E-state index contributed by atoms with van der Waals surface area (Å²) >= 11 is 8.20. The molecule has 4 nitrogen and oxygen atoms in total. The molecule has 0 heterocycles. The van der Waals surface area contributed by atoms with Crippen molar-refractivity contribution in [3.63, 3.8) is 0 Å². The van der Waals surface area contributed by atoms with Crippen LogP contribution in [0.3, 0.4) is 0 Å². The highest BCUT2D eigenvalue weighted by molar-refractivity contribution is 9.10. The molecule has 0 fully saturated rings. The van der Waals surface area contributed by atoms with Crippen LogP contribution in [-0.2, 0) is 0 Å². The highest BCUT2D eigenvalue weighted by atomic mass is 79.9. The summed E-state index contributed by atoms with van der Waals surface area (Å²) in [7, 11) is 0. The van der Waals surface area contributed by atoms with Crippen LogP contribution in [0.5, 0.6) is 0 Å². The molecule has 0 spiro atoms. The van der Waals surface area contributed by atoms with Gasteiger partial charge in [-0.1, -0.05) is 15.9 Å². The lowest BCUT2D eigenvalue weighted by atomic mass is 10.2. The molecule has 0 aliphatic heterocycles. The zero-order valence-electron chi connectivity index (χ0n) is 6.16. The maximum absolute atomic E-state index is 10.7. The first-order chi connectivity index (χ1) is 6.02. The molecule has 1 aromatic carbocycles. The lowest BCUT2D eigenvalue weighted by Crippen LogP contribution is -1.97. The Bertz CT molecular complexity index is 380. The SMILES string of the molecule is O=C(Cl)c1ccc(Br)cc1[N+](=O)[O-]. The van der Waals surface area contributed by atoms with Crippen LogP contribution in [0.4, 0.5) is 5.69 Å². The zero-order chi connectivity index (χ0) is 10.0. The number of rotatable bonds is 2. The second-order valence-electron chi connectivity index (χ2n) is 2.19. The van der Waals surface area contributed by atoms with E-state index in [1.54, 1.807) is 0 Å². The average molecular weight is 264 g/mol. The van der Waals surface area contributed by atoms with Gasteiger partial charge in [-0.15, -0.1) is 0 Å². The van der Waals surface area contributed by atoms with Gasteiger partial charge in [-0.2, -0.15) is 0 Å². The van der Waals surface area contributed by atoms with Crippen molar-refractivity contribution < 1.29 is 9.72 Å². The third kappa shape index (κ3) is 2.26. The first-order valence-electron chi connectivity index (χ1n) is 3.16. The van der Waals surface area contributed by atoms with E-state index in [-0.39, 0.29) is 11.3 Å². The van der Waals surface area contributed by atoms with Crippen LogP contribution in [0.1, 0.15) is 10.4 Å². The fraction of sp³-hybridized carbons (Fsp3) is 0. The number of halogens is 2. The van der Waals surface area contributed by atoms with E-state index < -0.39 is 10.2 Å². The quantitative estimate of drug-likeness (QED) is 0.469. The number of benzene rings is 1. The monoisotopic (exact) mass is 263 g/mol. The second kappa shape index (κ2) is 3.85. The van der Waals surface area contributed by atoms with Gasteiger partial charge in [-0.3, -0.25) is 14.9 Å². The summed E-state index contributed by atoms with van der Waals surface area (Å²) in [6, 6.07) is 4.05. The number of nitro benzene ring substituents is 1. The van der Waals surface area contributed by atoms with E-state index in [0.717, 1.165) is 0 Å². The molecule has 0 atom stereocenters. The summed E-state index contributed by atoms with van der Waals surface area (Å²) in [5, 5.41) is 9.62. The van der Waals surface area contributed by atoms with Crippen molar-refractivity contribution in [3.05, 3.63) is 38.3 Å². The summed E-state index contributed by atoms with van der Waals surface area (Å²) in [6.45, 7) is 0. The van der Waals surface area contributed by atoms with Gasteiger partial charge in [0.15, 0.2) is 0 Å². The van der Waals surface area contributed by atoms with Crippen molar-refractivity contribution in [2.45, 2.75) is 0 Å². The largest absolute Gasteiger partial charge is 0.282 e. The molecule has 13 heavy (non-hydrogen) atoms. The first kappa shape index (κ1) is 10.1. The lowest BCUT2D eigenvalue weighted by Gasteiger charge is -1.97. The Morgan fingerprint density at radius 2 is 2.15 bits per heavy atom. The van der Waals surface area contributed by atoms with Crippen LogP contribution < -0.4 is 0 Å². The molecule has 68 valence electrons. The predicted molar refractivity (Wildman–Crippen MR) is 51.0 cm³/mol. The summed E-state index contributed by atoms with van der Waals surface area (Å²) < 4.78 is 0.529. The molecule has 0 N–H and O–H groups in total. The Balaban J connectivity index is 3.35. The molecule has 0 saturated carbocycles. The van der Waals surface area contributed by atoms with Crippen molar-refractivity contribution in [1.29, 1.82) is 0 Å². The van der Waals surface area contributed by atoms with Gasteiger partial charge in [0.2, 0.25) is 0 Å². The van der Waals surface area contributed by atoms with Crippen molar-refractivity contribution >= 4 is 38.5 Å². The predicted octanol–water partition coefficient (Wildman–Crippen LogP) is 2.74. The Morgan fingerprint density at radius 3 is 2.62 bits per heavy atom. The highest BCUT2D eigenvalue weighted by Crippen LogP contribution is 2.24. The van der Waals surface area contributed by atoms with Crippen molar-refractivity contribution in [1.82, 2.24) is 0 Å². The van der Waals surface area contributed by atoms with Crippen LogP contribution in [-0.4, -0.2) is 10.2 Å². The molecule has 1 rings (SSSR count). The van der Waals surface area contributed by atoms with E-state index in [2.05, 4.69) is 15.9 Å². The zero-order valence-corrected chi connectivity index (χ0v) is 8.50. The highest BCUT2D eigenvalue weighted by Gasteiger charge is 2.18. The standard InChI is InChI=1S/C7H3BrClNO3/c8-4-1-2-5(7(9)11)6(3-4)10(12)13/h1-3H. The van der Waals surface area contributed by atoms with Gasteiger partial charge in [0.25, 0.3) is 10.9 Å². The summed E-state index contributed by atoms with van der Waals surface area (Å²) in [4.78, 5) is 20.5. The van der Waals surface area contributed by atoms with Crippen LogP contribution in [0.15, 0.2) is 22.7 Å². The molecule has 0 unspecified atom stereocenters. The van der Waals surface area contributed by atoms with Crippen LogP contribution in [0, 0.1) is 10.1 Å². The molecular formula is C7H3BrClNO3. The van der Waals surface area contributed by atoms with Crippen molar-refractivity contribution in [2.75, 3.05) is 0 Å². The number of carbonyl (C=O) groups is 1. The van der Waals surface area contributed by atoms with Gasteiger partial charge >= 0.3 is 0 Å². The van der Waals surface area contributed by atoms with Crippen LogP contribution in [0.25, 0.3) is 0 Å². The number of nitro groups is 1. The fourth-order valence-corrected chi connectivity index (χ4v) is 1.33. The minimum Gasteiger partial charge on any atom is -0.275 e. The van der Waals surface area contributed by atoms with Crippen LogP contribution in [0.2, 0.25) is 0 Å². The molecule has 0 aromatic heterocycles. The number of hydrogen-bond acceptors (Lipinski definition) is 3. The van der Waals surface area contributed by atoms with Gasteiger partial charge in [-0.25, -0.2) is 0 Å². The second-order valence-corrected chi connectivity index (χ2v) is 3.45. The number of nitrogens with zero attached hydrogens (tertiary/aromatic N) is 1. The number of carbonyl (C=O) groups excluding carboxylic acids is 1. The third-order valence-electron chi connectivity index (χ3n) is 1.37. The van der Waals surface area contributed by atoms with Gasteiger partial charge < -0.3 is 0 Å². The summed E-state index contributed by atoms with van der Waals surface area (Å²) in [6.07, 6.45) is 0. The molecule has 1 aromatic rings. The van der Waals surface area contributed by atoms with E-state index in [0.29, 0.717) is 4.47 Å². The Kier molecular flexibility index (Phi) is 3.00. The van der Waals surface area contributed by atoms with E-state index in [9.17, 15) is 14.9 Å². The Hall–Kier alpha value is -0.940. The minimum absolute atomic E-state index is 0.102. The molecule has 0 aliphatic rings. The molecule has 6 heteroatoms. The Labute approximate surface area is 86.8 Å². The minimum atomic E-state index is -0.834. The maximum atomic E-state index is 10.7. The molecule has 0 radical (unpaired) electrons. The molecule has 0 bridgehead atoms. The van der Waals surface area contributed by atoms with Crippen molar-refractivity contribution in [2.24, 2.45) is 0 Å². The fourth-order valence-electron chi connectivity index (χ4n) is 0.822. The van der Waals surface area contributed by atoms with Gasteiger partial charge in [0.1, 0.15) is 5.56 Å². The molecular weight excluding hydrogens is 261 g/mol. The number of hydrogen-bond donors (Lipinski definition) is 0. The van der Waals surface area contributed by atoms with Gasteiger partial charge in [0, 0.05) is 10.5 Å². The lowest BCUT2D eigenvalue weighted by molar-refractivity contribution is -0.385. The van der Waals surface area contributed by atoms with E-state index >= 15 is 0 Å². The van der Waals surface area contributed by atoms with E-state index in [4.69, 9.17) is 11.6 Å². The van der Waals surface area contributed by atoms with Gasteiger partial charge in [0.05, 0.1) is 4.92 Å². The van der Waals surface area contributed by atoms with Crippen LogP contribution >= 0.6 is 27.5 Å².